The molecule has 1 unspecified atom stereocenters. The molecule has 5 nitrogen and oxygen atoms in total. The predicted octanol–water partition coefficient (Wildman–Crippen LogP) is 2.11. The number of nitrogens with one attached hydrogen (secondary N) is 1. The number of rotatable bonds is 4. The van der Waals surface area contributed by atoms with E-state index in [2.05, 4.69) is 15.4 Å². The quantitative estimate of drug-likeness (QED) is 0.912. The lowest BCUT2D eigenvalue weighted by atomic mass is 10.0. The Morgan fingerprint density at radius 2 is 2.37 bits per heavy atom. The van der Waals surface area contributed by atoms with Crippen molar-refractivity contribution in [3.63, 3.8) is 0 Å². The highest BCUT2D eigenvalue weighted by molar-refractivity contribution is 5.56. The predicted molar refractivity (Wildman–Crippen MR) is 73.4 cm³/mol. The summed E-state index contributed by atoms with van der Waals surface area (Å²) in [6.45, 7) is 2.67. The fourth-order valence-electron chi connectivity index (χ4n) is 2.33. The minimum atomic E-state index is 0.583. The molecule has 100 valence electrons. The van der Waals surface area contributed by atoms with Crippen molar-refractivity contribution in [3.8, 4) is 5.82 Å². The van der Waals surface area contributed by atoms with Crippen LogP contribution in [0.15, 0.2) is 36.8 Å². The van der Waals surface area contributed by atoms with Crippen molar-refractivity contribution in [2.75, 3.05) is 25.1 Å². The lowest BCUT2D eigenvalue weighted by molar-refractivity contribution is 0.0595. The van der Waals surface area contributed by atoms with Crippen molar-refractivity contribution in [2.24, 2.45) is 5.92 Å². The molecule has 0 aliphatic carbocycles. The van der Waals surface area contributed by atoms with Gasteiger partial charge in [0.15, 0.2) is 5.82 Å². The van der Waals surface area contributed by atoms with Crippen LogP contribution >= 0.6 is 0 Å². The first-order valence-electron chi connectivity index (χ1n) is 6.70. The highest BCUT2D eigenvalue weighted by atomic mass is 16.5. The van der Waals surface area contributed by atoms with Gasteiger partial charge in [-0.2, -0.15) is 5.10 Å². The first-order chi connectivity index (χ1) is 9.43. The van der Waals surface area contributed by atoms with E-state index in [4.69, 9.17) is 4.74 Å². The van der Waals surface area contributed by atoms with Gasteiger partial charge < -0.3 is 10.1 Å². The standard InChI is InChI=1S/C14H18N4O/c1-5-13(16-10-12-4-2-9-19-11-12)14(15-6-1)18-8-3-7-17-18/h1,3,5-8,12,16H,2,4,9-11H2. The van der Waals surface area contributed by atoms with Crippen molar-refractivity contribution >= 4 is 5.69 Å². The molecular weight excluding hydrogens is 240 g/mol. The number of aromatic nitrogens is 3. The summed E-state index contributed by atoms with van der Waals surface area (Å²) in [7, 11) is 0. The molecule has 19 heavy (non-hydrogen) atoms. The van der Waals surface area contributed by atoms with Gasteiger partial charge in [0, 0.05) is 31.7 Å². The monoisotopic (exact) mass is 258 g/mol. The van der Waals surface area contributed by atoms with Gasteiger partial charge in [-0.15, -0.1) is 0 Å². The normalized spacial score (nSPS) is 19.3. The molecule has 1 aliphatic heterocycles. The Kier molecular flexibility index (Phi) is 3.74. The van der Waals surface area contributed by atoms with Crippen LogP contribution in [-0.4, -0.2) is 34.5 Å². The lowest BCUT2D eigenvalue weighted by Crippen LogP contribution is -2.24. The maximum Gasteiger partial charge on any atom is 0.176 e. The topological polar surface area (TPSA) is 52.0 Å². The Bertz CT molecular complexity index is 506. The van der Waals surface area contributed by atoms with E-state index in [1.165, 1.54) is 6.42 Å². The summed E-state index contributed by atoms with van der Waals surface area (Å²) in [6.07, 6.45) is 7.83. The van der Waals surface area contributed by atoms with Gasteiger partial charge in [0.05, 0.1) is 12.3 Å². The molecule has 1 aliphatic rings. The fraction of sp³-hybridized carbons (Fsp3) is 0.429. The molecule has 0 saturated carbocycles. The molecule has 0 radical (unpaired) electrons. The summed E-state index contributed by atoms with van der Waals surface area (Å²) in [5.41, 5.74) is 1.01. The Labute approximate surface area is 112 Å². The molecule has 5 heteroatoms. The third-order valence-corrected chi connectivity index (χ3v) is 3.34. The van der Waals surface area contributed by atoms with Gasteiger partial charge in [-0.1, -0.05) is 0 Å². The molecule has 3 heterocycles. The van der Waals surface area contributed by atoms with Crippen LogP contribution in [0.25, 0.3) is 5.82 Å². The van der Waals surface area contributed by atoms with E-state index in [9.17, 15) is 0 Å². The van der Waals surface area contributed by atoms with Crippen molar-refractivity contribution in [2.45, 2.75) is 12.8 Å². The average Bonchev–Trinajstić information content (AvgIpc) is 3.01. The maximum absolute atomic E-state index is 5.50. The van der Waals surface area contributed by atoms with Gasteiger partial charge in [0.25, 0.3) is 0 Å². The van der Waals surface area contributed by atoms with E-state index < -0.39 is 0 Å². The van der Waals surface area contributed by atoms with Gasteiger partial charge in [0.1, 0.15) is 0 Å². The summed E-state index contributed by atoms with van der Waals surface area (Å²) in [5, 5.41) is 7.70. The number of anilines is 1. The SMILES string of the molecule is c1cnc(-n2cccn2)c(NCC2CCCOC2)c1. The molecular formula is C14H18N4O. The summed E-state index contributed by atoms with van der Waals surface area (Å²) >= 11 is 0. The summed E-state index contributed by atoms with van der Waals surface area (Å²) in [6, 6.07) is 5.87. The van der Waals surface area contributed by atoms with Gasteiger partial charge in [-0.25, -0.2) is 9.67 Å². The van der Waals surface area contributed by atoms with E-state index in [0.29, 0.717) is 5.92 Å². The molecule has 1 N–H and O–H groups in total. The van der Waals surface area contributed by atoms with Crippen LogP contribution in [0.4, 0.5) is 5.69 Å². The van der Waals surface area contributed by atoms with E-state index >= 15 is 0 Å². The van der Waals surface area contributed by atoms with Gasteiger partial charge >= 0.3 is 0 Å². The van der Waals surface area contributed by atoms with Crippen molar-refractivity contribution in [1.82, 2.24) is 14.8 Å². The van der Waals surface area contributed by atoms with Crippen LogP contribution in [0.5, 0.6) is 0 Å². The summed E-state index contributed by atoms with van der Waals surface area (Å²) < 4.78 is 7.28. The van der Waals surface area contributed by atoms with Crippen molar-refractivity contribution in [1.29, 1.82) is 0 Å². The highest BCUT2D eigenvalue weighted by Gasteiger charge is 2.14. The van der Waals surface area contributed by atoms with E-state index in [0.717, 1.165) is 37.7 Å². The largest absolute Gasteiger partial charge is 0.382 e. The van der Waals surface area contributed by atoms with Crippen LogP contribution < -0.4 is 5.32 Å². The molecule has 2 aromatic heterocycles. The van der Waals surface area contributed by atoms with Crippen molar-refractivity contribution in [3.05, 3.63) is 36.8 Å². The van der Waals surface area contributed by atoms with Crippen LogP contribution in [-0.2, 0) is 4.74 Å². The zero-order chi connectivity index (χ0) is 12.9. The summed E-state index contributed by atoms with van der Waals surface area (Å²) in [5.74, 6) is 1.42. The van der Waals surface area contributed by atoms with Crippen LogP contribution in [0.3, 0.4) is 0 Å². The third-order valence-electron chi connectivity index (χ3n) is 3.34. The first kappa shape index (κ1) is 12.2. The van der Waals surface area contributed by atoms with Crippen LogP contribution in [0.1, 0.15) is 12.8 Å². The molecule has 0 bridgehead atoms. The molecule has 1 fully saturated rings. The Morgan fingerprint density at radius 1 is 1.37 bits per heavy atom. The molecule has 1 saturated heterocycles. The average molecular weight is 258 g/mol. The van der Waals surface area contributed by atoms with E-state index in [1.54, 1.807) is 17.1 Å². The number of ether oxygens (including phenoxy) is 1. The van der Waals surface area contributed by atoms with Crippen LogP contribution in [0.2, 0.25) is 0 Å². The zero-order valence-corrected chi connectivity index (χ0v) is 10.8. The summed E-state index contributed by atoms with van der Waals surface area (Å²) in [4.78, 5) is 4.39. The minimum Gasteiger partial charge on any atom is -0.382 e. The van der Waals surface area contributed by atoms with Gasteiger partial charge in [-0.3, -0.25) is 0 Å². The second kappa shape index (κ2) is 5.84. The van der Waals surface area contributed by atoms with E-state index in [-0.39, 0.29) is 0 Å². The van der Waals surface area contributed by atoms with Crippen molar-refractivity contribution < 1.29 is 4.74 Å². The number of hydrogen-bond donors (Lipinski definition) is 1. The zero-order valence-electron chi connectivity index (χ0n) is 10.8. The molecule has 2 aromatic rings. The second-order valence-corrected chi connectivity index (χ2v) is 4.79. The smallest absolute Gasteiger partial charge is 0.176 e. The lowest BCUT2D eigenvalue weighted by Gasteiger charge is -2.23. The molecule has 0 spiro atoms. The van der Waals surface area contributed by atoms with Gasteiger partial charge in [-0.05, 0) is 37.0 Å². The fourth-order valence-corrected chi connectivity index (χ4v) is 2.33. The second-order valence-electron chi connectivity index (χ2n) is 4.79. The van der Waals surface area contributed by atoms with Gasteiger partial charge in [0.2, 0.25) is 0 Å². The molecule has 0 amide bonds. The van der Waals surface area contributed by atoms with Crippen LogP contribution in [0, 0.1) is 5.92 Å². The Morgan fingerprint density at radius 3 is 3.16 bits per heavy atom. The maximum atomic E-state index is 5.50. The number of hydrogen-bond acceptors (Lipinski definition) is 4. The Balaban J connectivity index is 1.70. The number of pyridine rings is 1. The minimum absolute atomic E-state index is 0.583. The molecule has 1 atom stereocenters. The first-order valence-corrected chi connectivity index (χ1v) is 6.70. The number of nitrogens with zero attached hydrogens (tertiary/aromatic N) is 3. The Hall–Kier alpha value is -1.88. The molecule has 0 aromatic carbocycles. The molecule has 3 rings (SSSR count). The van der Waals surface area contributed by atoms with E-state index in [1.807, 2.05) is 24.4 Å². The third kappa shape index (κ3) is 2.93. The highest BCUT2D eigenvalue weighted by Crippen LogP contribution is 2.19.